The third-order valence-electron chi connectivity index (χ3n) is 3.42. The molecule has 0 bridgehead atoms. The molecule has 1 heterocycles. The average Bonchev–Trinajstić information content (AvgIpc) is 2.96. The van der Waals surface area contributed by atoms with Crippen LogP contribution in [0.25, 0.3) is 11.3 Å². The number of carbonyl (C=O) groups is 1. The maximum atomic E-state index is 12.3. The number of aryl methyl sites for hydroxylation is 1. The number of rotatable bonds is 4. The van der Waals surface area contributed by atoms with Gasteiger partial charge in [-0.3, -0.25) is 4.79 Å². The molecule has 0 fully saturated rings. The lowest BCUT2D eigenvalue weighted by molar-refractivity contribution is 0.0993. The summed E-state index contributed by atoms with van der Waals surface area (Å²) in [5.74, 6) is 0.0912. The van der Waals surface area contributed by atoms with E-state index in [1.807, 2.05) is 60.8 Å². The summed E-state index contributed by atoms with van der Waals surface area (Å²) in [6.07, 6.45) is 0.329. The quantitative estimate of drug-likeness (QED) is 0.582. The average molecular weight is 308 g/mol. The fourth-order valence-corrected chi connectivity index (χ4v) is 3.00. The van der Waals surface area contributed by atoms with Gasteiger partial charge in [-0.1, -0.05) is 42.0 Å². The molecular weight excluding hydrogens is 292 g/mol. The number of thiazole rings is 1. The highest BCUT2D eigenvalue weighted by atomic mass is 32.1. The van der Waals surface area contributed by atoms with Crippen LogP contribution in [0.3, 0.4) is 0 Å². The number of Topliss-reactive ketones (excluding diaryl/α,β-unsaturated/α-hetero) is 1. The van der Waals surface area contributed by atoms with Crippen molar-refractivity contribution in [3.8, 4) is 11.3 Å². The van der Waals surface area contributed by atoms with E-state index >= 15 is 0 Å². The van der Waals surface area contributed by atoms with Crippen LogP contribution in [-0.4, -0.2) is 10.8 Å². The first-order valence-electron chi connectivity index (χ1n) is 7.02. The molecule has 0 aliphatic heterocycles. The Kier molecular flexibility index (Phi) is 4.02. The van der Waals surface area contributed by atoms with E-state index in [4.69, 9.17) is 5.73 Å². The van der Waals surface area contributed by atoms with E-state index < -0.39 is 0 Å². The number of ketones is 1. The van der Waals surface area contributed by atoms with Crippen molar-refractivity contribution in [3.05, 3.63) is 70.0 Å². The molecule has 3 nitrogen and oxygen atoms in total. The molecule has 0 amide bonds. The molecule has 22 heavy (non-hydrogen) atoms. The fourth-order valence-electron chi connectivity index (χ4n) is 2.20. The molecule has 0 unspecified atom stereocenters. The molecular formula is C18H16N2OS. The van der Waals surface area contributed by atoms with E-state index in [-0.39, 0.29) is 5.78 Å². The second-order valence-corrected chi connectivity index (χ2v) is 6.16. The maximum absolute atomic E-state index is 12.3. The zero-order chi connectivity index (χ0) is 15.5. The Balaban J connectivity index is 1.77. The van der Waals surface area contributed by atoms with Crippen molar-refractivity contribution in [3.63, 3.8) is 0 Å². The topological polar surface area (TPSA) is 56.0 Å². The summed E-state index contributed by atoms with van der Waals surface area (Å²) >= 11 is 1.50. The van der Waals surface area contributed by atoms with Gasteiger partial charge in [0.05, 0.1) is 12.1 Å². The Morgan fingerprint density at radius 2 is 1.95 bits per heavy atom. The molecule has 4 heteroatoms. The van der Waals surface area contributed by atoms with E-state index in [2.05, 4.69) is 4.98 Å². The van der Waals surface area contributed by atoms with Gasteiger partial charge in [0, 0.05) is 22.2 Å². The Morgan fingerprint density at radius 1 is 1.18 bits per heavy atom. The molecule has 0 aliphatic carbocycles. The SMILES string of the molecule is Cc1ccc(C(=O)Cc2nc(-c3cccc(N)c3)cs2)cc1. The molecule has 0 radical (unpaired) electrons. The highest BCUT2D eigenvalue weighted by Crippen LogP contribution is 2.24. The summed E-state index contributed by atoms with van der Waals surface area (Å²) in [6, 6.07) is 15.2. The van der Waals surface area contributed by atoms with Crippen LogP contribution in [0.15, 0.2) is 53.9 Å². The first-order valence-corrected chi connectivity index (χ1v) is 7.90. The highest BCUT2D eigenvalue weighted by molar-refractivity contribution is 7.10. The lowest BCUT2D eigenvalue weighted by atomic mass is 10.1. The van der Waals surface area contributed by atoms with Gasteiger partial charge < -0.3 is 5.73 Å². The maximum Gasteiger partial charge on any atom is 0.169 e. The Labute approximate surface area is 133 Å². The summed E-state index contributed by atoms with van der Waals surface area (Å²) in [5, 5.41) is 2.79. The van der Waals surface area contributed by atoms with Crippen LogP contribution in [0.4, 0.5) is 5.69 Å². The molecule has 0 atom stereocenters. The van der Waals surface area contributed by atoms with Gasteiger partial charge in [-0.15, -0.1) is 11.3 Å². The van der Waals surface area contributed by atoms with Crippen molar-refractivity contribution < 1.29 is 4.79 Å². The largest absolute Gasteiger partial charge is 0.399 e. The number of hydrogen-bond acceptors (Lipinski definition) is 4. The number of anilines is 1. The van der Waals surface area contributed by atoms with Gasteiger partial charge in [-0.25, -0.2) is 4.98 Å². The predicted molar refractivity (Wildman–Crippen MR) is 91.2 cm³/mol. The van der Waals surface area contributed by atoms with Gasteiger partial charge in [0.15, 0.2) is 5.78 Å². The van der Waals surface area contributed by atoms with Crippen LogP contribution < -0.4 is 5.73 Å². The van der Waals surface area contributed by atoms with Gasteiger partial charge in [0.25, 0.3) is 0 Å². The molecule has 3 rings (SSSR count). The molecule has 1 aromatic heterocycles. The van der Waals surface area contributed by atoms with E-state index in [0.717, 1.165) is 27.4 Å². The summed E-state index contributed by atoms with van der Waals surface area (Å²) in [5.41, 5.74) is 10.2. The van der Waals surface area contributed by atoms with Gasteiger partial charge in [0.1, 0.15) is 5.01 Å². The van der Waals surface area contributed by atoms with Gasteiger partial charge in [-0.2, -0.15) is 0 Å². The van der Waals surface area contributed by atoms with Gasteiger partial charge in [0.2, 0.25) is 0 Å². The minimum Gasteiger partial charge on any atom is -0.399 e. The Bertz CT molecular complexity index is 806. The Hall–Kier alpha value is -2.46. The van der Waals surface area contributed by atoms with Crippen molar-refractivity contribution in [1.29, 1.82) is 0 Å². The number of benzene rings is 2. The lowest BCUT2D eigenvalue weighted by Crippen LogP contribution is -2.03. The zero-order valence-corrected chi connectivity index (χ0v) is 13.1. The van der Waals surface area contributed by atoms with E-state index in [1.165, 1.54) is 11.3 Å². The van der Waals surface area contributed by atoms with E-state index in [9.17, 15) is 4.79 Å². The molecule has 0 saturated carbocycles. The van der Waals surface area contributed by atoms with E-state index in [0.29, 0.717) is 12.1 Å². The summed E-state index contributed by atoms with van der Waals surface area (Å²) in [4.78, 5) is 16.8. The smallest absolute Gasteiger partial charge is 0.169 e. The number of hydrogen-bond donors (Lipinski definition) is 1. The minimum atomic E-state index is 0.0912. The van der Waals surface area contributed by atoms with Crippen LogP contribution in [0, 0.1) is 6.92 Å². The van der Waals surface area contributed by atoms with Gasteiger partial charge >= 0.3 is 0 Å². The molecule has 2 aromatic carbocycles. The Morgan fingerprint density at radius 3 is 2.68 bits per heavy atom. The molecule has 110 valence electrons. The van der Waals surface area contributed by atoms with Crippen LogP contribution in [-0.2, 0) is 6.42 Å². The van der Waals surface area contributed by atoms with Crippen LogP contribution in [0.5, 0.6) is 0 Å². The van der Waals surface area contributed by atoms with Gasteiger partial charge in [-0.05, 0) is 19.1 Å². The molecule has 3 aromatic rings. The van der Waals surface area contributed by atoms with Crippen LogP contribution in [0.1, 0.15) is 20.9 Å². The van der Waals surface area contributed by atoms with Crippen molar-refractivity contribution in [2.75, 3.05) is 5.73 Å². The standard InChI is InChI=1S/C18H16N2OS/c1-12-5-7-13(8-6-12)17(21)10-18-20-16(11-22-18)14-3-2-4-15(19)9-14/h2-9,11H,10,19H2,1H3. The van der Waals surface area contributed by atoms with Crippen molar-refractivity contribution >= 4 is 22.8 Å². The van der Waals surface area contributed by atoms with Crippen molar-refractivity contribution in [2.24, 2.45) is 0 Å². The normalized spacial score (nSPS) is 10.6. The highest BCUT2D eigenvalue weighted by Gasteiger charge is 2.11. The first-order chi connectivity index (χ1) is 10.6. The minimum absolute atomic E-state index is 0.0912. The summed E-state index contributed by atoms with van der Waals surface area (Å²) < 4.78 is 0. The second kappa shape index (κ2) is 6.12. The lowest BCUT2D eigenvalue weighted by Gasteiger charge is -2.00. The molecule has 0 aliphatic rings. The number of nitrogens with two attached hydrogens (primary N) is 1. The third kappa shape index (κ3) is 3.23. The predicted octanol–water partition coefficient (Wildman–Crippen LogP) is 4.13. The molecule has 2 N–H and O–H groups in total. The van der Waals surface area contributed by atoms with Crippen molar-refractivity contribution in [2.45, 2.75) is 13.3 Å². The molecule has 0 saturated heterocycles. The number of aromatic nitrogens is 1. The number of nitrogen functional groups attached to an aromatic ring is 1. The zero-order valence-electron chi connectivity index (χ0n) is 12.2. The van der Waals surface area contributed by atoms with Crippen LogP contribution >= 0.6 is 11.3 Å². The third-order valence-corrected chi connectivity index (χ3v) is 4.27. The fraction of sp³-hybridized carbons (Fsp3) is 0.111. The van der Waals surface area contributed by atoms with Crippen LogP contribution in [0.2, 0.25) is 0 Å². The summed E-state index contributed by atoms with van der Waals surface area (Å²) in [7, 11) is 0. The number of carbonyl (C=O) groups excluding carboxylic acids is 1. The van der Waals surface area contributed by atoms with Crippen molar-refractivity contribution in [1.82, 2.24) is 4.98 Å². The van der Waals surface area contributed by atoms with E-state index in [1.54, 1.807) is 0 Å². The summed E-state index contributed by atoms with van der Waals surface area (Å²) in [6.45, 7) is 2.01. The first kappa shape index (κ1) is 14.5. The molecule has 0 spiro atoms. The monoisotopic (exact) mass is 308 g/mol. The number of nitrogens with zero attached hydrogens (tertiary/aromatic N) is 1. The second-order valence-electron chi connectivity index (χ2n) is 5.22.